The molecule has 6 nitrogen and oxygen atoms in total. The number of nitrogens with one attached hydrogen (secondary N) is 1. The summed E-state index contributed by atoms with van der Waals surface area (Å²) in [6.45, 7) is 0.412. The number of aromatic nitrogens is 1. The lowest BCUT2D eigenvalue weighted by atomic mass is 10.1. The summed E-state index contributed by atoms with van der Waals surface area (Å²) in [6.07, 6.45) is 4.99. The van der Waals surface area contributed by atoms with E-state index in [0.717, 1.165) is 11.1 Å². The second kappa shape index (κ2) is 9.72. The average molecular weight is 385 g/mol. The van der Waals surface area contributed by atoms with E-state index in [-0.39, 0.29) is 5.57 Å². The number of ether oxygens (including phenoxy) is 2. The molecule has 144 valence electrons. The van der Waals surface area contributed by atoms with Gasteiger partial charge in [0, 0.05) is 29.7 Å². The summed E-state index contributed by atoms with van der Waals surface area (Å²) in [5, 5.41) is 12.1. The Hall–Kier alpha value is -4.11. The molecular formula is C23H19N3O3. The molecule has 0 unspecified atom stereocenters. The minimum absolute atomic E-state index is 0.00292. The van der Waals surface area contributed by atoms with Crippen LogP contribution in [0, 0.1) is 11.3 Å². The van der Waals surface area contributed by atoms with Crippen LogP contribution in [-0.2, 0) is 11.4 Å². The van der Waals surface area contributed by atoms with Gasteiger partial charge in [-0.1, -0.05) is 24.3 Å². The summed E-state index contributed by atoms with van der Waals surface area (Å²) in [5.41, 5.74) is 2.24. The maximum absolute atomic E-state index is 12.4. The van der Waals surface area contributed by atoms with Gasteiger partial charge in [0.15, 0.2) is 0 Å². The molecule has 29 heavy (non-hydrogen) atoms. The van der Waals surface area contributed by atoms with Crippen LogP contribution in [-0.4, -0.2) is 18.0 Å². The molecule has 1 aromatic heterocycles. The minimum Gasteiger partial charge on any atom is -0.497 e. The molecule has 0 saturated heterocycles. The smallest absolute Gasteiger partial charge is 0.266 e. The van der Waals surface area contributed by atoms with Gasteiger partial charge in [0.05, 0.1) is 7.11 Å². The summed E-state index contributed by atoms with van der Waals surface area (Å²) < 4.78 is 10.8. The highest BCUT2D eigenvalue weighted by molar-refractivity contribution is 6.09. The molecule has 0 bridgehead atoms. The topological polar surface area (TPSA) is 84.2 Å². The predicted octanol–water partition coefficient (Wildman–Crippen LogP) is 4.21. The van der Waals surface area contributed by atoms with E-state index < -0.39 is 5.91 Å². The van der Waals surface area contributed by atoms with E-state index in [0.29, 0.717) is 23.8 Å². The van der Waals surface area contributed by atoms with Gasteiger partial charge in [0.1, 0.15) is 29.7 Å². The molecular weight excluding hydrogens is 366 g/mol. The van der Waals surface area contributed by atoms with Crippen LogP contribution < -0.4 is 14.8 Å². The third-order valence-corrected chi connectivity index (χ3v) is 4.01. The van der Waals surface area contributed by atoms with Crippen molar-refractivity contribution < 1.29 is 14.3 Å². The number of amides is 1. The van der Waals surface area contributed by atoms with Crippen LogP contribution in [0.3, 0.4) is 0 Å². The number of nitriles is 1. The van der Waals surface area contributed by atoms with Gasteiger partial charge in [0.2, 0.25) is 0 Å². The van der Waals surface area contributed by atoms with Crippen LogP contribution in [0.15, 0.2) is 78.6 Å². The SMILES string of the molecule is COc1cccc(NC(=O)C(C#N)=Cc2ccc(OCc3cccnc3)cc2)c1. The van der Waals surface area contributed by atoms with Crippen LogP contribution in [0.4, 0.5) is 5.69 Å². The monoisotopic (exact) mass is 385 g/mol. The summed E-state index contributed by atoms with van der Waals surface area (Å²) in [4.78, 5) is 16.4. The van der Waals surface area contributed by atoms with Crippen molar-refractivity contribution in [3.05, 3.63) is 89.8 Å². The molecule has 0 fully saturated rings. The van der Waals surface area contributed by atoms with Crippen LogP contribution in [0.2, 0.25) is 0 Å². The summed E-state index contributed by atoms with van der Waals surface area (Å²) in [5.74, 6) is 0.815. The lowest BCUT2D eigenvalue weighted by Gasteiger charge is -2.07. The molecule has 6 heteroatoms. The largest absolute Gasteiger partial charge is 0.497 e. The number of hydrogen-bond acceptors (Lipinski definition) is 5. The highest BCUT2D eigenvalue weighted by atomic mass is 16.5. The molecule has 0 aliphatic carbocycles. The highest BCUT2D eigenvalue weighted by Gasteiger charge is 2.10. The first kappa shape index (κ1) is 19.6. The quantitative estimate of drug-likeness (QED) is 0.486. The van der Waals surface area contributed by atoms with Gasteiger partial charge in [-0.25, -0.2) is 0 Å². The molecule has 0 spiro atoms. The number of methoxy groups -OCH3 is 1. The Morgan fingerprint density at radius 3 is 2.66 bits per heavy atom. The lowest BCUT2D eigenvalue weighted by Crippen LogP contribution is -2.13. The number of carbonyl (C=O) groups excluding carboxylic acids is 1. The maximum Gasteiger partial charge on any atom is 0.266 e. The standard InChI is InChI=1S/C23H19N3O3/c1-28-22-6-2-5-20(13-22)26-23(27)19(14-24)12-17-7-9-21(10-8-17)29-16-18-4-3-11-25-15-18/h2-13,15H,16H2,1H3,(H,26,27). The summed E-state index contributed by atoms with van der Waals surface area (Å²) in [7, 11) is 1.55. The molecule has 3 aromatic rings. The van der Waals surface area contributed by atoms with E-state index in [1.807, 2.05) is 18.2 Å². The average Bonchev–Trinajstić information content (AvgIpc) is 2.77. The van der Waals surface area contributed by atoms with Crippen LogP contribution in [0.25, 0.3) is 6.08 Å². The van der Waals surface area contributed by atoms with E-state index in [1.54, 1.807) is 68.0 Å². The van der Waals surface area contributed by atoms with Gasteiger partial charge in [-0.15, -0.1) is 0 Å². The van der Waals surface area contributed by atoms with Crippen molar-refractivity contribution in [2.24, 2.45) is 0 Å². The number of pyridine rings is 1. The van der Waals surface area contributed by atoms with Crippen molar-refractivity contribution in [3.63, 3.8) is 0 Å². The van der Waals surface area contributed by atoms with Gasteiger partial charge in [-0.3, -0.25) is 9.78 Å². The Kier molecular flexibility index (Phi) is 6.58. The minimum atomic E-state index is -0.488. The number of hydrogen-bond donors (Lipinski definition) is 1. The number of anilines is 1. The molecule has 0 aliphatic heterocycles. The van der Waals surface area contributed by atoms with Crippen molar-refractivity contribution in [1.82, 2.24) is 4.98 Å². The molecule has 0 radical (unpaired) electrons. The lowest BCUT2D eigenvalue weighted by molar-refractivity contribution is -0.112. The van der Waals surface area contributed by atoms with E-state index in [2.05, 4.69) is 10.3 Å². The first-order chi connectivity index (χ1) is 14.2. The fourth-order valence-corrected chi connectivity index (χ4v) is 2.52. The van der Waals surface area contributed by atoms with Gasteiger partial charge in [-0.05, 0) is 42.0 Å². The Morgan fingerprint density at radius 2 is 1.97 bits per heavy atom. The number of rotatable bonds is 7. The van der Waals surface area contributed by atoms with Gasteiger partial charge in [0.25, 0.3) is 5.91 Å². The predicted molar refractivity (Wildman–Crippen MR) is 110 cm³/mol. The Bertz CT molecular complexity index is 1040. The Balaban J connectivity index is 1.65. The Morgan fingerprint density at radius 1 is 1.14 bits per heavy atom. The second-order valence-electron chi connectivity index (χ2n) is 6.07. The highest BCUT2D eigenvalue weighted by Crippen LogP contribution is 2.19. The zero-order valence-electron chi connectivity index (χ0n) is 15.8. The maximum atomic E-state index is 12.4. The molecule has 3 rings (SSSR count). The molecule has 0 atom stereocenters. The van der Waals surface area contributed by atoms with E-state index in [1.165, 1.54) is 6.08 Å². The molecule has 0 aliphatic rings. The zero-order valence-corrected chi connectivity index (χ0v) is 15.8. The van der Waals surface area contributed by atoms with Crippen molar-refractivity contribution in [1.29, 1.82) is 5.26 Å². The summed E-state index contributed by atoms with van der Waals surface area (Å²) in [6, 6.07) is 19.8. The van der Waals surface area contributed by atoms with Crippen LogP contribution in [0.5, 0.6) is 11.5 Å². The van der Waals surface area contributed by atoms with Crippen LogP contribution in [0.1, 0.15) is 11.1 Å². The molecule has 1 amide bonds. The van der Waals surface area contributed by atoms with Crippen molar-refractivity contribution in [3.8, 4) is 17.6 Å². The zero-order chi connectivity index (χ0) is 20.5. The van der Waals surface area contributed by atoms with Crippen molar-refractivity contribution in [2.75, 3.05) is 12.4 Å². The van der Waals surface area contributed by atoms with Crippen molar-refractivity contribution in [2.45, 2.75) is 6.61 Å². The van der Waals surface area contributed by atoms with Crippen LogP contribution >= 0.6 is 0 Å². The first-order valence-corrected chi connectivity index (χ1v) is 8.87. The number of nitrogens with zero attached hydrogens (tertiary/aromatic N) is 2. The normalized spacial score (nSPS) is 10.7. The first-order valence-electron chi connectivity index (χ1n) is 8.87. The number of benzene rings is 2. The molecule has 2 aromatic carbocycles. The fraction of sp³-hybridized carbons (Fsp3) is 0.0870. The fourth-order valence-electron chi connectivity index (χ4n) is 2.52. The van der Waals surface area contributed by atoms with Gasteiger partial charge in [-0.2, -0.15) is 5.26 Å². The number of carbonyl (C=O) groups is 1. The van der Waals surface area contributed by atoms with Gasteiger partial charge < -0.3 is 14.8 Å². The van der Waals surface area contributed by atoms with E-state index in [9.17, 15) is 10.1 Å². The molecule has 0 saturated carbocycles. The van der Waals surface area contributed by atoms with Gasteiger partial charge >= 0.3 is 0 Å². The van der Waals surface area contributed by atoms with E-state index >= 15 is 0 Å². The molecule has 1 N–H and O–H groups in total. The molecule has 1 heterocycles. The third kappa shape index (κ3) is 5.68. The van der Waals surface area contributed by atoms with E-state index in [4.69, 9.17) is 9.47 Å². The summed E-state index contributed by atoms with van der Waals surface area (Å²) >= 11 is 0. The Labute approximate surface area is 169 Å². The van der Waals surface area contributed by atoms with Crippen molar-refractivity contribution >= 4 is 17.7 Å². The third-order valence-electron chi connectivity index (χ3n) is 4.01. The second-order valence-corrected chi connectivity index (χ2v) is 6.07.